The van der Waals surface area contributed by atoms with Crippen LogP contribution in [0.1, 0.15) is 31.4 Å². The van der Waals surface area contributed by atoms with Crippen molar-refractivity contribution in [2.75, 3.05) is 6.54 Å². The Morgan fingerprint density at radius 1 is 1.11 bits per heavy atom. The van der Waals surface area contributed by atoms with Gasteiger partial charge >= 0.3 is 0 Å². The number of rotatable bonds is 8. The number of nitrogens with one attached hydrogen (secondary N) is 1. The van der Waals surface area contributed by atoms with E-state index in [0.29, 0.717) is 28.7 Å². The van der Waals surface area contributed by atoms with E-state index >= 15 is 0 Å². The number of hydrogen-bond acceptors (Lipinski definition) is 2. The number of carbonyl (C=O) groups is 2. The zero-order valence-corrected chi connectivity index (χ0v) is 18.9. The van der Waals surface area contributed by atoms with E-state index in [1.807, 2.05) is 31.2 Å². The molecule has 2 aromatic rings. The van der Waals surface area contributed by atoms with Crippen molar-refractivity contribution < 1.29 is 9.59 Å². The lowest BCUT2D eigenvalue weighted by Gasteiger charge is -2.29. The van der Waals surface area contributed by atoms with E-state index in [9.17, 15) is 9.59 Å². The molecule has 0 fully saturated rings. The predicted molar refractivity (Wildman–Crippen MR) is 118 cm³/mol. The van der Waals surface area contributed by atoms with Gasteiger partial charge in [0.05, 0.1) is 6.42 Å². The summed E-state index contributed by atoms with van der Waals surface area (Å²) >= 11 is 15.9. The van der Waals surface area contributed by atoms with Crippen LogP contribution in [0.3, 0.4) is 0 Å². The van der Waals surface area contributed by atoms with Crippen LogP contribution in [0.5, 0.6) is 0 Å². The topological polar surface area (TPSA) is 49.4 Å². The van der Waals surface area contributed by atoms with Gasteiger partial charge in [0.25, 0.3) is 0 Å². The second kappa shape index (κ2) is 10.8. The van der Waals surface area contributed by atoms with E-state index < -0.39 is 6.04 Å². The van der Waals surface area contributed by atoms with E-state index in [0.717, 1.165) is 16.5 Å². The fourth-order valence-electron chi connectivity index (χ4n) is 2.72. The number of hydrogen-bond donors (Lipinski definition) is 1. The van der Waals surface area contributed by atoms with Crippen LogP contribution in [0.25, 0.3) is 0 Å². The maximum atomic E-state index is 13.1. The van der Waals surface area contributed by atoms with Crippen molar-refractivity contribution >= 4 is 50.9 Å². The molecule has 0 unspecified atom stereocenters. The average molecular weight is 486 g/mol. The van der Waals surface area contributed by atoms with E-state index in [1.54, 1.807) is 30.0 Å². The summed E-state index contributed by atoms with van der Waals surface area (Å²) in [6.45, 7) is 4.60. The lowest BCUT2D eigenvalue weighted by Crippen LogP contribution is -2.48. The molecule has 1 atom stereocenters. The number of carbonyl (C=O) groups excluding carboxylic acids is 2. The van der Waals surface area contributed by atoms with E-state index in [1.165, 1.54) is 0 Å². The monoisotopic (exact) mass is 484 g/mol. The first kappa shape index (κ1) is 22.7. The van der Waals surface area contributed by atoms with E-state index in [2.05, 4.69) is 21.2 Å². The summed E-state index contributed by atoms with van der Waals surface area (Å²) in [5, 5.41) is 3.73. The first-order valence-corrected chi connectivity index (χ1v) is 10.6. The van der Waals surface area contributed by atoms with Gasteiger partial charge in [-0.3, -0.25) is 9.59 Å². The molecule has 28 heavy (non-hydrogen) atoms. The molecule has 0 aromatic heterocycles. The Balaban J connectivity index is 2.26. The SMILES string of the molecule is CCCNC(=O)[C@H](C)N(Cc1ccc(Br)cc1)C(=O)Cc1c(Cl)cccc1Cl. The first-order chi connectivity index (χ1) is 13.3. The summed E-state index contributed by atoms with van der Waals surface area (Å²) in [4.78, 5) is 27.2. The van der Waals surface area contributed by atoms with Crippen molar-refractivity contribution in [1.29, 1.82) is 0 Å². The lowest BCUT2D eigenvalue weighted by molar-refractivity contribution is -0.140. The predicted octanol–water partition coefficient (Wildman–Crippen LogP) is 5.24. The summed E-state index contributed by atoms with van der Waals surface area (Å²) in [5.74, 6) is -0.394. The van der Waals surface area contributed by atoms with Crippen molar-refractivity contribution in [3.8, 4) is 0 Å². The van der Waals surface area contributed by atoms with Gasteiger partial charge in [-0.25, -0.2) is 0 Å². The number of nitrogens with zero attached hydrogens (tertiary/aromatic N) is 1. The van der Waals surface area contributed by atoms with Crippen molar-refractivity contribution in [3.05, 3.63) is 68.1 Å². The normalized spacial score (nSPS) is 11.8. The lowest BCUT2D eigenvalue weighted by atomic mass is 10.1. The van der Waals surface area contributed by atoms with Crippen molar-refractivity contribution in [2.45, 2.75) is 39.3 Å². The Morgan fingerprint density at radius 3 is 2.29 bits per heavy atom. The van der Waals surface area contributed by atoms with Crippen LogP contribution in [0.4, 0.5) is 0 Å². The van der Waals surface area contributed by atoms with Gasteiger partial charge in [-0.2, -0.15) is 0 Å². The van der Waals surface area contributed by atoms with Gasteiger partial charge < -0.3 is 10.2 Å². The van der Waals surface area contributed by atoms with Crippen LogP contribution in [0.2, 0.25) is 10.0 Å². The summed E-state index contributed by atoms with van der Waals surface area (Å²) < 4.78 is 0.950. The standard InChI is InChI=1S/C21H23BrCl2N2O2/c1-3-11-25-21(28)14(2)26(13-15-7-9-16(22)10-8-15)20(27)12-17-18(23)5-4-6-19(17)24/h4-10,14H,3,11-13H2,1-2H3,(H,25,28)/t14-/m0/s1. The van der Waals surface area contributed by atoms with Gasteiger partial charge in [-0.05, 0) is 48.7 Å². The Morgan fingerprint density at radius 2 is 1.71 bits per heavy atom. The second-order valence-corrected chi connectivity index (χ2v) is 8.22. The maximum Gasteiger partial charge on any atom is 0.242 e. The third-order valence-corrected chi connectivity index (χ3v) is 5.61. The molecule has 0 saturated carbocycles. The zero-order valence-electron chi connectivity index (χ0n) is 15.8. The summed E-state index contributed by atoms with van der Waals surface area (Å²) in [5.41, 5.74) is 1.50. The molecule has 0 saturated heterocycles. The molecule has 0 heterocycles. The minimum atomic E-state index is -0.621. The van der Waals surface area contributed by atoms with Gasteiger partial charge in [0.2, 0.25) is 11.8 Å². The highest BCUT2D eigenvalue weighted by molar-refractivity contribution is 9.10. The van der Waals surface area contributed by atoms with Gasteiger partial charge in [-0.15, -0.1) is 0 Å². The fourth-order valence-corrected chi connectivity index (χ4v) is 3.51. The van der Waals surface area contributed by atoms with Crippen molar-refractivity contribution in [3.63, 3.8) is 0 Å². The molecule has 1 N–H and O–H groups in total. The highest BCUT2D eigenvalue weighted by atomic mass is 79.9. The molecule has 0 spiro atoms. The van der Waals surface area contributed by atoms with Gasteiger partial charge in [-0.1, -0.05) is 64.3 Å². The Kier molecular flexibility index (Phi) is 8.80. The Bertz CT molecular complexity index is 807. The van der Waals surface area contributed by atoms with Crippen LogP contribution in [-0.4, -0.2) is 29.3 Å². The van der Waals surface area contributed by atoms with Crippen LogP contribution in [0, 0.1) is 0 Å². The molecular weight excluding hydrogens is 463 g/mol. The van der Waals surface area contributed by atoms with Gasteiger partial charge in [0.15, 0.2) is 0 Å². The zero-order chi connectivity index (χ0) is 20.7. The Hall–Kier alpha value is -1.56. The second-order valence-electron chi connectivity index (χ2n) is 6.49. The van der Waals surface area contributed by atoms with Crippen LogP contribution in [-0.2, 0) is 22.6 Å². The van der Waals surface area contributed by atoms with Crippen molar-refractivity contribution in [2.24, 2.45) is 0 Å². The van der Waals surface area contributed by atoms with E-state index in [-0.39, 0.29) is 18.2 Å². The highest BCUT2D eigenvalue weighted by Crippen LogP contribution is 2.26. The molecule has 2 rings (SSSR count). The minimum absolute atomic E-state index is 0.0282. The molecule has 0 bridgehead atoms. The number of benzene rings is 2. The summed E-state index contributed by atoms with van der Waals surface area (Å²) in [7, 11) is 0. The molecule has 0 aliphatic heterocycles. The largest absolute Gasteiger partial charge is 0.354 e. The third kappa shape index (κ3) is 6.23. The molecule has 2 amide bonds. The average Bonchev–Trinajstić information content (AvgIpc) is 2.67. The highest BCUT2D eigenvalue weighted by Gasteiger charge is 2.27. The number of amides is 2. The number of halogens is 3. The molecule has 0 radical (unpaired) electrons. The minimum Gasteiger partial charge on any atom is -0.354 e. The van der Waals surface area contributed by atoms with E-state index in [4.69, 9.17) is 23.2 Å². The molecule has 0 aliphatic rings. The van der Waals surface area contributed by atoms with Crippen molar-refractivity contribution in [1.82, 2.24) is 10.2 Å². The third-order valence-electron chi connectivity index (χ3n) is 4.37. The molecule has 4 nitrogen and oxygen atoms in total. The maximum absolute atomic E-state index is 13.1. The van der Waals surface area contributed by atoms with Crippen LogP contribution in [0.15, 0.2) is 46.9 Å². The molecular formula is C21H23BrCl2N2O2. The quantitative estimate of drug-likeness (QED) is 0.555. The Labute approximate surface area is 184 Å². The molecule has 2 aromatic carbocycles. The molecule has 0 aliphatic carbocycles. The molecule has 150 valence electrons. The fraction of sp³-hybridized carbons (Fsp3) is 0.333. The summed E-state index contributed by atoms with van der Waals surface area (Å²) in [6, 6.07) is 12.2. The summed E-state index contributed by atoms with van der Waals surface area (Å²) in [6.07, 6.45) is 0.856. The first-order valence-electron chi connectivity index (χ1n) is 9.08. The molecule has 7 heteroatoms. The smallest absolute Gasteiger partial charge is 0.242 e. The van der Waals surface area contributed by atoms with Gasteiger partial charge in [0.1, 0.15) is 6.04 Å². The van der Waals surface area contributed by atoms with Crippen LogP contribution >= 0.6 is 39.1 Å². The van der Waals surface area contributed by atoms with Gasteiger partial charge in [0, 0.05) is 27.6 Å². The van der Waals surface area contributed by atoms with Crippen LogP contribution < -0.4 is 5.32 Å².